The molecule has 3 aliphatic heterocycles. The van der Waals surface area contributed by atoms with Gasteiger partial charge in [-0.3, -0.25) is 9.59 Å². The van der Waals surface area contributed by atoms with E-state index in [2.05, 4.69) is 10.2 Å². The van der Waals surface area contributed by atoms with Crippen LogP contribution in [0.15, 0.2) is 24.3 Å². The minimum absolute atomic E-state index is 0.126. The van der Waals surface area contributed by atoms with Gasteiger partial charge >= 0.3 is 11.9 Å². The molecule has 41 heavy (non-hydrogen) atoms. The molecule has 0 saturated carbocycles. The number of nitrogen functional groups attached to an aromatic ring is 1. The Morgan fingerprint density at radius 1 is 1.05 bits per heavy atom. The Hall–Kier alpha value is -3.35. The highest BCUT2D eigenvalue weighted by molar-refractivity contribution is 6.33. The maximum absolute atomic E-state index is 12.8. The van der Waals surface area contributed by atoms with Crippen molar-refractivity contribution in [2.45, 2.75) is 50.7 Å². The summed E-state index contributed by atoms with van der Waals surface area (Å²) in [7, 11) is 1.51. The third-order valence-electron chi connectivity index (χ3n) is 7.50. The highest BCUT2D eigenvalue weighted by atomic mass is 35.5. The topological polar surface area (TPSA) is 172 Å². The molecule has 5 N–H and O–H groups in total. The first-order valence-corrected chi connectivity index (χ1v) is 14.2. The van der Waals surface area contributed by atoms with Crippen molar-refractivity contribution < 1.29 is 38.9 Å². The van der Waals surface area contributed by atoms with Crippen LogP contribution in [0.25, 0.3) is 0 Å². The van der Waals surface area contributed by atoms with E-state index in [-0.39, 0.29) is 24.0 Å². The van der Waals surface area contributed by atoms with Gasteiger partial charge in [-0.05, 0) is 50.5 Å². The Labute approximate surface area is 244 Å². The van der Waals surface area contributed by atoms with Crippen LogP contribution in [0.1, 0.15) is 48.9 Å². The molecule has 0 aliphatic carbocycles. The molecule has 1 atom stereocenters. The molecule has 1 aromatic rings. The van der Waals surface area contributed by atoms with E-state index in [0.29, 0.717) is 46.7 Å². The number of nitrogens with one attached hydrogen (secondary N) is 1. The lowest BCUT2D eigenvalue weighted by Gasteiger charge is -2.38. The predicted octanol–water partition coefficient (Wildman–Crippen LogP) is 2.25. The van der Waals surface area contributed by atoms with Gasteiger partial charge < -0.3 is 40.5 Å². The third kappa shape index (κ3) is 9.91. The number of nitrogens with two attached hydrogens (primary N) is 1. The fraction of sp³-hybridized carbons (Fsp3) is 0.571. The van der Waals surface area contributed by atoms with E-state index >= 15 is 0 Å². The van der Waals surface area contributed by atoms with Crippen molar-refractivity contribution in [1.29, 1.82) is 0 Å². The first-order chi connectivity index (χ1) is 19.6. The number of piperidine rings is 2. The van der Waals surface area contributed by atoms with E-state index in [1.807, 2.05) is 4.90 Å². The Morgan fingerprint density at radius 3 is 2.22 bits per heavy atom. The summed E-state index contributed by atoms with van der Waals surface area (Å²) in [5, 5.41) is 19.1. The third-order valence-corrected chi connectivity index (χ3v) is 7.83. The molecule has 0 aromatic heterocycles. The van der Waals surface area contributed by atoms with Gasteiger partial charge in [0.15, 0.2) is 0 Å². The van der Waals surface area contributed by atoms with Gasteiger partial charge in [0.2, 0.25) is 0 Å². The molecule has 2 amide bonds. The van der Waals surface area contributed by atoms with Crippen molar-refractivity contribution in [3.63, 3.8) is 0 Å². The van der Waals surface area contributed by atoms with Crippen LogP contribution in [-0.4, -0.2) is 102 Å². The number of aliphatic carboxylic acids is 2. The number of rotatable bonds is 8. The number of likely N-dealkylation sites (tertiary alicyclic amines) is 2. The van der Waals surface area contributed by atoms with Crippen LogP contribution in [0.5, 0.6) is 5.75 Å². The van der Waals surface area contributed by atoms with Gasteiger partial charge in [0.05, 0.1) is 23.4 Å². The highest BCUT2D eigenvalue weighted by Crippen LogP contribution is 2.29. The lowest BCUT2D eigenvalue weighted by Crippen LogP contribution is -2.48. The van der Waals surface area contributed by atoms with Crippen LogP contribution < -0.4 is 15.8 Å². The summed E-state index contributed by atoms with van der Waals surface area (Å²) in [6.07, 6.45) is 6.68. The zero-order valence-corrected chi connectivity index (χ0v) is 24.0. The average Bonchev–Trinajstić information content (AvgIpc) is 3.50. The molecule has 3 aliphatic rings. The number of benzene rings is 1. The molecule has 4 rings (SSSR count). The number of hydrogen-bond donors (Lipinski definition) is 4. The maximum Gasteiger partial charge on any atom is 0.328 e. The average molecular weight is 595 g/mol. The molecule has 0 unspecified atom stereocenters. The number of carboxylic acid groups (broad SMARTS) is 2. The lowest BCUT2D eigenvalue weighted by atomic mass is 9.94. The fourth-order valence-corrected chi connectivity index (χ4v) is 5.42. The van der Waals surface area contributed by atoms with Gasteiger partial charge in [-0.2, -0.15) is 0 Å². The number of hydrogen-bond acceptors (Lipinski definition) is 8. The van der Waals surface area contributed by atoms with Crippen LogP contribution in [0.4, 0.5) is 5.69 Å². The molecular weight excluding hydrogens is 556 g/mol. The van der Waals surface area contributed by atoms with Crippen LogP contribution in [0.2, 0.25) is 5.02 Å². The molecule has 0 spiro atoms. The SMILES string of the molecule is COc1cc(N)c(Cl)cc1C(=O)NC1CCN(CC2CCN(C(=O)[C@@H]3CCCO3)CC2)CC1.O=C(O)/C=C/C(=O)O. The number of carbonyl (C=O) groups is 4. The van der Waals surface area contributed by atoms with Crippen molar-refractivity contribution >= 4 is 41.0 Å². The van der Waals surface area contributed by atoms with Crippen molar-refractivity contribution in [2.24, 2.45) is 5.92 Å². The molecule has 0 bridgehead atoms. The van der Waals surface area contributed by atoms with Crippen molar-refractivity contribution in [2.75, 3.05) is 52.2 Å². The van der Waals surface area contributed by atoms with Gasteiger partial charge in [-0.25, -0.2) is 9.59 Å². The number of amides is 2. The zero-order valence-electron chi connectivity index (χ0n) is 23.2. The predicted molar refractivity (Wildman–Crippen MR) is 152 cm³/mol. The van der Waals surface area contributed by atoms with E-state index in [1.165, 1.54) is 7.11 Å². The van der Waals surface area contributed by atoms with Gasteiger partial charge in [-0.15, -0.1) is 0 Å². The van der Waals surface area contributed by atoms with Crippen molar-refractivity contribution in [3.05, 3.63) is 34.9 Å². The first-order valence-electron chi connectivity index (χ1n) is 13.8. The molecule has 226 valence electrons. The minimum atomic E-state index is -1.26. The number of nitrogens with zero attached hydrogens (tertiary/aromatic N) is 2. The molecule has 3 saturated heterocycles. The van der Waals surface area contributed by atoms with Crippen LogP contribution >= 0.6 is 11.6 Å². The number of carbonyl (C=O) groups excluding carboxylic acids is 2. The number of anilines is 1. The summed E-state index contributed by atoms with van der Waals surface area (Å²) in [5.41, 5.74) is 6.61. The highest BCUT2D eigenvalue weighted by Gasteiger charge is 2.32. The van der Waals surface area contributed by atoms with E-state index in [0.717, 1.165) is 71.2 Å². The molecule has 12 nitrogen and oxygen atoms in total. The van der Waals surface area contributed by atoms with Crippen molar-refractivity contribution in [1.82, 2.24) is 15.1 Å². The van der Waals surface area contributed by atoms with Crippen molar-refractivity contribution in [3.8, 4) is 5.75 Å². The van der Waals surface area contributed by atoms with Gasteiger partial charge in [0.1, 0.15) is 11.9 Å². The largest absolute Gasteiger partial charge is 0.496 e. The summed E-state index contributed by atoms with van der Waals surface area (Å²) < 4.78 is 10.9. The molecule has 1 aromatic carbocycles. The normalized spacial score (nSPS) is 20.3. The van der Waals surface area contributed by atoms with E-state index in [1.54, 1.807) is 12.1 Å². The maximum atomic E-state index is 12.8. The van der Waals surface area contributed by atoms with Crippen LogP contribution in [0, 0.1) is 5.92 Å². The fourth-order valence-electron chi connectivity index (χ4n) is 5.26. The van der Waals surface area contributed by atoms with Crippen LogP contribution in [-0.2, 0) is 19.1 Å². The Morgan fingerprint density at radius 2 is 1.68 bits per heavy atom. The molecule has 13 heteroatoms. The smallest absolute Gasteiger partial charge is 0.328 e. The summed E-state index contributed by atoms with van der Waals surface area (Å²) in [6.45, 7) is 5.36. The summed E-state index contributed by atoms with van der Waals surface area (Å²) in [6, 6.07) is 3.27. The number of methoxy groups -OCH3 is 1. The second kappa shape index (κ2) is 15.6. The summed E-state index contributed by atoms with van der Waals surface area (Å²) in [4.78, 5) is 48.9. The second-order valence-electron chi connectivity index (χ2n) is 10.4. The Kier molecular flexibility index (Phi) is 12.2. The second-order valence-corrected chi connectivity index (χ2v) is 10.8. The zero-order chi connectivity index (χ0) is 29.9. The van der Waals surface area contributed by atoms with Gasteiger partial charge in [-0.1, -0.05) is 11.6 Å². The quantitative estimate of drug-likeness (QED) is 0.258. The lowest BCUT2D eigenvalue weighted by molar-refractivity contribution is -0.142. The number of carboxylic acids is 2. The van der Waals surface area contributed by atoms with E-state index in [4.69, 9.17) is 37.0 Å². The number of halogens is 1. The summed E-state index contributed by atoms with van der Waals surface area (Å²) in [5.74, 6) is -1.47. The van der Waals surface area contributed by atoms with Gasteiger partial charge in [0, 0.05) is 63.6 Å². The van der Waals surface area contributed by atoms with Crippen LogP contribution in [0.3, 0.4) is 0 Å². The van der Waals surface area contributed by atoms with E-state index in [9.17, 15) is 19.2 Å². The Balaban J connectivity index is 0.000000507. The summed E-state index contributed by atoms with van der Waals surface area (Å²) >= 11 is 6.11. The monoisotopic (exact) mass is 594 g/mol. The molecular formula is C28H39ClN4O8. The Bertz CT molecular complexity index is 1090. The van der Waals surface area contributed by atoms with E-state index < -0.39 is 11.9 Å². The first kappa shape index (κ1) is 32.2. The van der Waals surface area contributed by atoms with Gasteiger partial charge in [0.25, 0.3) is 11.8 Å². The minimum Gasteiger partial charge on any atom is -0.496 e. The number of ether oxygens (including phenoxy) is 2. The molecule has 0 radical (unpaired) electrons. The standard InChI is InChI=1S/C24H35ClN4O4.C4H4O4/c1-32-22-14-20(26)19(25)13-18(22)23(30)27-17-6-8-28(9-7-17)15-16-4-10-29(11-5-16)24(31)21-3-2-12-33-21;5-3(6)1-2-4(7)8/h13-14,16-17,21H,2-12,15,26H2,1H3,(H,27,30);1-2H,(H,5,6)(H,7,8)/b;2-1+/t21-;/m0./s1. The molecule has 3 fully saturated rings. The molecule has 3 heterocycles.